The third-order valence-electron chi connectivity index (χ3n) is 5.10. The number of hydrogen-bond donors (Lipinski definition) is 0. The number of carbonyl (C=O) groups is 1. The maximum atomic E-state index is 14.1. The normalized spacial score (nSPS) is 10.9. The number of aromatic nitrogens is 6. The minimum atomic E-state index is -1.01. The summed E-state index contributed by atoms with van der Waals surface area (Å²) in [7, 11) is 0. The summed E-state index contributed by atoms with van der Waals surface area (Å²) in [5, 5.41) is 12.3. The Morgan fingerprint density at radius 1 is 0.914 bits per heavy atom. The van der Waals surface area contributed by atoms with Gasteiger partial charge in [0.05, 0.1) is 22.7 Å². The fourth-order valence-corrected chi connectivity index (χ4v) is 4.11. The molecule has 0 saturated heterocycles. The summed E-state index contributed by atoms with van der Waals surface area (Å²) in [6.07, 6.45) is 1.52. The fraction of sp³-hybridized carbons (Fsp3) is 0.0400. The molecule has 7 nitrogen and oxygen atoms in total. The quantitative estimate of drug-likeness (QED) is 0.181. The van der Waals surface area contributed by atoms with Gasteiger partial charge in [-0.05, 0) is 40.8 Å². The van der Waals surface area contributed by atoms with Gasteiger partial charge in [-0.3, -0.25) is 4.79 Å². The third kappa shape index (κ3) is 4.82. The van der Waals surface area contributed by atoms with E-state index < -0.39 is 11.6 Å². The molecule has 0 aliphatic carbocycles. The summed E-state index contributed by atoms with van der Waals surface area (Å²) in [5.41, 5.74) is 2.33. The zero-order valence-corrected chi connectivity index (χ0v) is 18.9. The summed E-state index contributed by atoms with van der Waals surface area (Å²) in [6.45, 7) is 0. The van der Waals surface area contributed by atoms with Crippen LogP contribution in [0.3, 0.4) is 0 Å². The van der Waals surface area contributed by atoms with E-state index in [0.717, 1.165) is 23.9 Å². The summed E-state index contributed by atoms with van der Waals surface area (Å²) < 4.78 is 29.3. The topological polar surface area (TPSA) is 86.5 Å². The van der Waals surface area contributed by atoms with Crippen LogP contribution in [0.25, 0.3) is 28.3 Å². The molecule has 2 heterocycles. The molecule has 2 aromatic heterocycles. The number of carbonyl (C=O) groups excluding carboxylic acids is 1. The molecule has 35 heavy (non-hydrogen) atoms. The van der Waals surface area contributed by atoms with Crippen LogP contribution in [0.5, 0.6) is 0 Å². The Morgan fingerprint density at radius 3 is 2.40 bits per heavy atom. The van der Waals surface area contributed by atoms with E-state index in [1.807, 2.05) is 36.4 Å². The van der Waals surface area contributed by atoms with Crippen molar-refractivity contribution in [1.29, 1.82) is 0 Å². The van der Waals surface area contributed by atoms with Crippen LogP contribution in [0.4, 0.5) is 8.78 Å². The molecule has 0 bridgehead atoms. The summed E-state index contributed by atoms with van der Waals surface area (Å²) >= 11 is 1.15. The zero-order chi connectivity index (χ0) is 24.2. The van der Waals surface area contributed by atoms with Crippen molar-refractivity contribution in [3.8, 4) is 28.3 Å². The smallest absolute Gasteiger partial charge is 0.190 e. The van der Waals surface area contributed by atoms with Gasteiger partial charge in [0.1, 0.15) is 0 Å². The first-order chi connectivity index (χ1) is 17.1. The summed E-state index contributed by atoms with van der Waals surface area (Å²) in [6, 6.07) is 21.6. The molecule has 5 rings (SSSR count). The Kier molecular flexibility index (Phi) is 6.36. The first kappa shape index (κ1) is 22.5. The van der Waals surface area contributed by atoms with Crippen molar-refractivity contribution in [1.82, 2.24) is 30.2 Å². The van der Waals surface area contributed by atoms with E-state index in [2.05, 4.69) is 25.5 Å². The predicted octanol–water partition coefficient (Wildman–Crippen LogP) is 5.04. The van der Waals surface area contributed by atoms with Gasteiger partial charge >= 0.3 is 0 Å². The summed E-state index contributed by atoms with van der Waals surface area (Å²) in [5.74, 6) is -1.62. The van der Waals surface area contributed by atoms with Crippen LogP contribution in [-0.4, -0.2) is 41.7 Å². The number of rotatable bonds is 7. The number of para-hydroxylation sites is 1. The maximum absolute atomic E-state index is 14.1. The van der Waals surface area contributed by atoms with Gasteiger partial charge in [0.25, 0.3) is 0 Å². The maximum Gasteiger partial charge on any atom is 0.190 e. The molecule has 0 amide bonds. The Morgan fingerprint density at radius 2 is 1.66 bits per heavy atom. The minimum absolute atomic E-state index is 0.0781. The summed E-state index contributed by atoms with van der Waals surface area (Å²) in [4.78, 5) is 21.5. The number of halogens is 2. The number of tetrazole rings is 1. The Balaban J connectivity index is 1.55. The molecule has 10 heteroatoms. The van der Waals surface area contributed by atoms with Crippen molar-refractivity contribution in [3.05, 3.63) is 102 Å². The molecule has 0 saturated carbocycles. The molecule has 0 aliphatic rings. The van der Waals surface area contributed by atoms with Gasteiger partial charge in [-0.1, -0.05) is 60.3 Å². The molecule has 0 atom stereocenters. The van der Waals surface area contributed by atoms with E-state index in [9.17, 15) is 13.6 Å². The Bertz CT molecular complexity index is 1490. The number of thioether (sulfide) groups is 1. The molecular formula is C25H16F2N6OS. The first-order valence-corrected chi connectivity index (χ1v) is 11.5. The van der Waals surface area contributed by atoms with Gasteiger partial charge in [0.15, 0.2) is 28.4 Å². The molecule has 5 aromatic rings. The lowest BCUT2D eigenvalue weighted by molar-refractivity contribution is 0.102. The van der Waals surface area contributed by atoms with Crippen LogP contribution >= 0.6 is 11.8 Å². The van der Waals surface area contributed by atoms with E-state index >= 15 is 0 Å². The largest absolute Gasteiger partial charge is 0.293 e. The molecule has 0 N–H and O–H groups in total. The lowest BCUT2D eigenvalue weighted by atomic mass is 10.1. The predicted molar refractivity (Wildman–Crippen MR) is 127 cm³/mol. The molecule has 0 aliphatic heterocycles. The lowest BCUT2D eigenvalue weighted by Gasteiger charge is -2.11. The molecule has 0 spiro atoms. The molecule has 172 valence electrons. The van der Waals surface area contributed by atoms with Crippen LogP contribution < -0.4 is 0 Å². The lowest BCUT2D eigenvalue weighted by Crippen LogP contribution is -2.05. The number of ketones is 1. The first-order valence-electron chi connectivity index (χ1n) is 10.5. The van der Waals surface area contributed by atoms with Gasteiger partial charge in [-0.2, -0.15) is 4.68 Å². The van der Waals surface area contributed by atoms with Gasteiger partial charge in [0, 0.05) is 17.3 Å². The second-order valence-electron chi connectivity index (χ2n) is 7.37. The van der Waals surface area contributed by atoms with Crippen molar-refractivity contribution >= 4 is 17.5 Å². The van der Waals surface area contributed by atoms with Crippen LogP contribution in [0.15, 0.2) is 90.2 Å². The number of hydrogen-bond acceptors (Lipinski definition) is 7. The van der Waals surface area contributed by atoms with Gasteiger partial charge in [-0.25, -0.2) is 18.7 Å². The number of benzene rings is 3. The second kappa shape index (κ2) is 9.90. The van der Waals surface area contributed by atoms with E-state index in [0.29, 0.717) is 39.1 Å². The van der Waals surface area contributed by atoms with Crippen LogP contribution in [0.1, 0.15) is 10.4 Å². The van der Waals surface area contributed by atoms with Crippen LogP contribution in [0, 0.1) is 11.6 Å². The highest BCUT2D eigenvalue weighted by molar-refractivity contribution is 7.99. The van der Waals surface area contributed by atoms with Gasteiger partial charge < -0.3 is 0 Å². The van der Waals surface area contributed by atoms with Crippen LogP contribution in [0.2, 0.25) is 0 Å². The minimum Gasteiger partial charge on any atom is -0.293 e. The highest BCUT2D eigenvalue weighted by Crippen LogP contribution is 2.32. The van der Waals surface area contributed by atoms with Crippen molar-refractivity contribution in [2.75, 3.05) is 5.75 Å². The third-order valence-corrected chi connectivity index (χ3v) is 5.96. The Hall–Kier alpha value is -4.31. The average molecular weight is 487 g/mol. The van der Waals surface area contributed by atoms with E-state index in [1.165, 1.54) is 16.9 Å². The van der Waals surface area contributed by atoms with Crippen molar-refractivity contribution < 1.29 is 13.6 Å². The van der Waals surface area contributed by atoms with Gasteiger partial charge in [-0.15, -0.1) is 5.10 Å². The van der Waals surface area contributed by atoms with E-state index in [-0.39, 0.29) is 11.5 Å². The fourth-order valence-electron chi connectivity index (χ4n) is 3.40. The van der Waals surface area contributed by atoms with Crippen LogP contribution in [-0.2, 0) is 0 Å². The second-order valence-corrected chi connectivity index (χ2v) is 8.31. The van der Waals surface area contributed by atoms with E-state index in [1.54, 1.807) is 24.3 Å². The molecule has 3 aromatic carbocycles. The molecular weight excluding hydrogens is 470 g/mol. The number of Topliss-reactive ketones (excluding diaryl/α,β-unsaturated/α-hetero) is 1. The van der Waals surface area contributed by atoms with Crippen molar-refractivity contribution in [3.63, 3.8) is 0 Å². The molecule has 0 unspecified atom stereocenters. The number of nitrogens with zero attached hydrogens (tertiary/aromatic N) is 6. The Labute approximate surface area is 202 Å². The highest BCUT2D eigenvalue weighted by Gasteiger charge is 2.20. The van der Waals surface area contributed by atoms with Gasteiger partial charge in [0.2, 0.25) is 0 Å². The van der Waals surface area contributed by atoms with E-state index in [4.69, 9.17) is 0 Å². The van der Waals surface area contributed by atoms with Crippen molar-refractivity contribution in [2.24, 2.45) is 0 Å². The monoisotopic (exact) mass is 486 g/mol. The molecule has 0 radical (unpaired) electrons. The highest BCUT2D eigenvalue weighted by atomic mass is 32.2. The average Bonchev–Trinajstić information content (AvgIpc) is 3.39. The van der Waals surface area contributed by atoms with Crippen molar-refractivity contribution in [2.45, 2.75) is 5.16 Å². The standard InChI is InChI=1S/C25H16F2N6OS/c26-20-12-11-17(13-21(20)27)23-19(24-30-31-32-33(24)18-9-5-2-6-10-18)14-28-25(29-23)35-15-22(34)16-7-3-1-4-8-16/h1-14H,15H2. The molecule has 0 fully saturated rings. The zero-order valence-electron chi connectivity index (χ0n) is 18.0. The SMILES string of the molecule is O=C(CSc1ncc(-c2nnnn2-c2ccccc2)c(-c2ccc(F)c(F)c2)n1)c1ccccc1.